The molecule has 2 rings (SSSR count). The highest BCUT2D eigenvalue weighted by Crippen LogP contribution is 2.30. The summed E-state index contributed by atoms with van der Waals surface area (Å²) in [5.74, 6) is -1.23. The second-order valence-electron chi connectivity index (χ2n) is 4.64. The zero-order valence-electron chi connectivity index (χ0n) is 10.7. The van der Waals surface area contributed by atoms with Gasteiger partial charge in [0.25, 0.3) is 0 Å². The Morgan fingerprint density at radius 2 is 2.05 bits per heavy atom. The molecule has 1 saturated carbocycles. The lowest BCUT2D eigenvalue weighted by atomic mass is 10.3. The van der Waals surface area contributed by atoms with Crippen LogP contribution in [0.25, 0.3) is 0 Å². The number of aromatic carboxylic acids is 1. The number of alkyl halides is 3. The maximum absolute atomic E-state index is 12.4. The molecule has 114 valence electrons. The molecule has 0 unspecified atom stereocenters. The Balaban J connectivity index is 2.03. The number of halogens is 3. The van der Waals surface area contributed by atoms with Gasteiger partial charge in [-0.25, -0.2) is 14.6 Å². The Bertz CT molecular complexity index is 541. The van der Waals surface area contributed by atoms with Crippen molar-refractivity contribution in [3.8, 4) is 0 Å². The number of carboxylic acids is 1. The van der Waals surface area contributed by atoms with Crippen molar-refractivity contribution in [2.45, 2.75) is 25.1 Å². The molecule has 0 bridgehead atoms. The number of rotatable bonds is 4. The average molecular weight is 303 g/mol. The van der Waals surface area contributed by atoms with Crippen LogP contribution in [-0.4, -0.2) is 45.8 Å². The number of carboxylic acid groups (broad SMARTS) is 1. The van der Waals surface area contributed by atoms with Crippen LogP contribution in [0.2, 0.25) is 0 Å². The molecule has 0 atom stereocenters. The van der Waals surface area contributed by atoms with E-state index in [0.717, 1.165) is 17.2 Å². The molecule has 1 aromatic rings. The molecule has 0 spiro atoms. The molecule has 6 nitrogen and oxygen atoms in total. The Labute approximate surface area is 117 Å². The second kappa shape index (κ2) is 5.58. The Hall–Kier alpha value is -2.32. The first-order valence-electron chi connectivity index (χ1n) is 6.10. The number of carbonyl (C=O) groups is 2. The van der Waals surface area contributed by atoms with Gasteiger partial charge >= 0.3 is 18.2 Å². The summed E-state index contributed by atoms with van der Waals surface area (Å²) < 4.78 is 37.3. The fourth-order valence-electron chi connectivity index (χ4n) is 1.74. The highest BCUT2D eigenvalue weighted by molar-refractivity contribution is 5.90. The van der Waals surface area contributed by atoms with Gasteiger partial charge < -0.3 is 15.3 Å². The van der Waals surface area contributed by atoms with E-state index in [1.807, 2.05) is 0 Å². The van der Waals surface area contributed by atoms with Gasteiger partial charge in [0, 0.05) is 6.04 Å². The van der Waals surface area contributed by atoms with Crippen molar-refractivity contribution in [3.63, 3.8) is 0 Å². The summed E-state index contributed by atoms with van der Waals surface area (Å²) in [6.07, 6.45) is -2.30. The lowest BCUT2D eigenvalue weighted by Gasteiger charge is -2.23. The van der Waals surface area contributed by atoms with E-state index in [2.05, 4.69) is 10.3 Å². The largest absolute Gasteiger partial charge is 0.477 e. The monoisotopic (exact) mass is 303 g/mol. The number of hydrogen-bond donors (Lipinski definition) is 2. The second-order valence-corrected chi connectivity index (χ2v) is 4.64. The minimum atomic E-state index is -4.47. The molecular weight excluding hydrogens is 291 g/mol. The third-order valence-electron chi connectivity index (χ3n) is 2.83. The quantitative estimate of drug-likeness (QED) is 0.894. The van der Waals surface area contributed by atoms with Gasteiger partial charge in [-0.15, -0.1) is 0 Å². The number of urea groups is 1. The van der Waals surface area contributed by atoms with Gasteiger partial charge in [-0.3, -0.25) is 0 Å². The van der Waals surface area contributed by atoms with Gasteiger partial charge in [0.15, 0.2) is 0 Å². The van der Waals surface area contributed by atoms with E-state index in [0.29, 0.717) is 12.8 Å². The number of pyridine rings is 1. The number of anilines is 1. The number of aromatic nitrogens is 1. The average Bonchev–Trinajstić information content (AvgIpc) is 3.19. The summed E-state index contributed by atoms with van der Waals surface area (Å²) >= 11 is 0. The normalized spacial score (nSPS) is 14.6. The van der Waals surface area contributed by atoms with E-state index in [-0.39, 0.29) is 11.4 Å². The maximum Gasteiger partial charge on any atom is 0.406 e. The zero-order chi connectivity index (χ0) is 15.6. The molecular formula is C12H12F3N3O3. The molecule has 2 N–H and O–H groups in total. The van der Waals surface area contributed by atoms with Gasteiger partial charge in [-0.1, -0.05) is 0 Å². The van der Waals surface area contributed by atoms with Crippen LogP contribution in [0.5, 0.6) is 0 Å². The molecule has 1 fully saturated rings. The van der Waals surface area contributed by atoms with Crippen LogP contribution < -0.4 is 5.32 Å². The van der Waals surface area contributed by atoms with E-state index in [1.54, 1.807) is 0 Å². The predicted octanol–water partition coefficient (Wildman–Crippen LogP) is 2.34. The van der Waals surface area contributed by atoms with Crippen molar-refractivity contribution in [2.75, 3.05) is 11.9 Å². The van der Waals surface area contributed by atoms with Gasteiger partial charge in [0.05, 0.1) is 11.9 Å². The molecule has 0 aromatic carbocycles. The summed E-state index contributed by atoms with van der Waals surface area (Å²) in [5, 5.41) is 11.0. The molecule has 2 amide bonds. The minimum Gasteiger partial charge on any atom is -0.477 e. The van der Waals surface area contributed by atoms with Crippen LogP contribution in [0, 0.1) is 0 Å². The van der Waals surface area contributed by atoms with Crippen molar-refractivity contribution in [2.24, 2.45) is 0 Å². The molecule has 0 aliphatic heterocycles. The molecule has 1 aliphatic rings. The van der Waals surface area contributed by atoms with Crippen molar-refractivity contribution in [1.29, 1.82) is 0 Å². The van der Waals surface area contributed by atoms with Crippen LogP contribution in [0.1, 0.15) is 23.3 Å². The number of hydrogen-bond acceptors (Lipinski definition) is 3. The van der Waals surface area contributed by atoms with Crippen LogP contribution >= 0.6 is 0 Å². The number of nitrogens with one attached hydrogen (secondary N) is 1. The van der Waals surface area contributed by atoms with E-state index in [9.17, 15) is 22.8 Å². The topological polar surface area (TPSA) is 82.5 Å². The van der Waals surface area contributed by atoms with Crippen molar-refractivity contribution < 1.29 is 27.9 Å². The summed E-state index contributed by atoms with van der Waals surface area (Å²) in [4.78, 5) is 26.8. The van der Waals surface area contributed by atoms with Crippen LogP contribution in [0.15, 0.2) is 18.3 Å². The lowest BCUT2D eigenvalue weighted by Crippen LogP contribution is -2.42. The van der Waals surface area contributed by atoms with Crippen LogP contribution in [-0.2, 0) is 0 Å². The van der Waals surface area contributed by atoms with Crippen molar-refractivity contribution >= 4 is 17.7 Å². The first kappa shape index (κ1) is 15.1. The van der Waals surface area contributed by atoms with Gasteiger partial charge in [0.2, 0.25) is 0 Å². The predicted molar refractivity (Wildman–Crippen MR) is 66.0 cm³/mol. The molecule has 1 aliphatic carbocycles. The lowest BCUT2D eigenvalue weighted by molar-refractivity contribution is -0.140. The third-order valence-corrected chi connectivity index (χ3v) is 2.83. The fraction of sp³-hybridized carbons (Fsp3) is 0.417. The third kappa shape index (κ3) is 4.33. The molecule has 0 radical (unpaired) electrons. The molecule has 21 heavy (non-hydrogen) atoms. The summed E-state index contributed by atoms with van der Waals surface area (Å²) in [6.45, 7) is -1.32. The molecule has 9 heteroatoms. The number of carbonyl (C=O) groups excluding carboxylic acids is 1. The van der Waals surface area contributed by atoms with Crippen molar-refractivity contribution in [1.82, 2.24) is 9.88 Å². The van der Waals surface area contributed by atoms with E-state index >= 15 is 0 Å². The smallest absolute Gasteiger partial charge is 0.406 e. The fourth-order valence-corrected chi connectivity index (χ4v) is 1.74. The minimum absolute atomic E-state index is 0.137. The standard InChI is InChI=1S/C12H12F3N3O3/c13-12(14,15)6-18(8-2-3-8)11(21)17-7-1-4-9(10(19)20)16-5-7/h1,4-5,8H,2-3,6H2,(H,17,21)(H,19,20). The molecule has 1 heterocycles. The van der Waals surface area contributed by atoms with E-state index < -0.39 is 30.8 Å². The highest BCUT2D eigenvalue weighted by Gasteiger charge is 2.40. The number of amides is 2. The van der Waals surface area contributed by atoms with Crippen LogP contribution in [0.4, 0.5) is 23.7 Å². The van der Waals surface area contributed by atoms with Crippen LogP contribution in [0.3, 0.4) is 0 Å². The number of nitrogens with zero attached hydrogens (tertiary/aromatic N) is 2. The summed E-state index contributed by atoms with van der Waals surface area (Å²) in [6, 6.07) is 1.15. The first-order chi connectivity index (χ1) is 9.76. The summed E-state index contributed by atoms with van der Waals surface area (Å²) in [5.41, 5.74) is -0.0832. The Morgan fingerprint density at radius 3 is 2.48 bits per heavy atom. The van der Waals surface area contributed by atoms with E-state index in [4.69, 9.17) is 5.11 Å². The maximum atomic E-state index is 12.4. The van der Waals surface area contributed by atoms with Gasteiger partial charge in [-0.05, 0) is 25.0 Å². The molecule has 0 saturated heterocycles. The van der Waals surface area contributed by atoms with Crippen molar-refractivity contribution in [3.05, 3.63) is 24.0 Å². The Morgan fingerprint density at radius 1 is 1.38 bits per heavy atom. The molecule has 1 aromatic heterocycles. The first-order valence-corrected chi connectivity index (χ1v) is 6.10. The van der Waals surface area contributed by atoms with Gasteiger partial charge in [0.1, 0.15) is 12.2 Å². The van der Waals surface area contributed by atoms with Gasteiger partial charge in [-0.2, -0.15) is 13.2 Å². The summed E-state index contributed by atoms with van der Waals surface area (Å²) in [7, 11) is 0. The highest BCUT2D eigenvalue weighted by atomic mass is 19.4. The Kier molecular flexibility index (Phi) is 4.01. The zero-order valence-corrected chi connectivity index (χ0v) is 10.7. The SMILES string of the molecule is O=C(O)c1ccc(NC(=O)N(CC(F)(F)F)C2CC2)cn1. The van der Waals surface area contributed by atoms with E-state index in [1.165, 1.54) is 6.07 Å².